The number of hydrogen-bond acceptors (Lipinski definition) is 6. The number of hydrogen-bond donors (Lipinski definition) is 1. The van der Waals surface area contributed by atoms with E-state index in [9.17, 15) is 22.0 Å². The summed E-state index contributed by atoms with van der Waals surface area (Å²) in [5, 5.41) is 9.28. The third kappa shape index (κ3) is 5.68. The van der Waals surface area contributed by atoms with Crippen LogP contribution in [0.1, 0.15) is 21.5 Å². The second kappa shape index (κ2) is 10.5. The Morgan fingerprint density at radius 3 is 2.23 bits per heavy atom. The van der Waals surface area contributed by atoms with Gasteiger partial charge in [0.2, 0.25) is 9.84 Å². The van der Waals surface area contributed by atoms with E-state index in [2.05, 4.69) is 0 Å². The van der Waals surface area contributed by atoms with Crippen LogP contribution >= 0.6 is 11.3 Å². The zero-order valence-corrected chi connectivity index (χ0v) is 20.7. The molecule has 3 aromatic carbocycles. The first-order valence-electron chi connectivity index (χ1n) is 10.5. The Balaban J connectivity index is 1.56. The number of anilines is 2. The number of carboxylic acid groups (broad SMARTS) is 1. The van der Waals surface area contributed by atoms with Gasteiger partial charge in [-0.1, -0.05) is 42.5 Å². The van der Waals surface area contributed by atoms with Gasteiger partial charge in [-0.3, -0.25) is 8.51 Å². The highest BCUT2D eigenvalue weighted by Gasteiger charge is 2.22. The maximum atomic E-state index is 12.9. The van der Waals surface area contributed by atoms with E-state index in [0.29, 0.717) is 18.5 Å². The Bertz CT molecular complexity index is 1460. The van der Waals surface area contributed by atoms with Gasteiger partial charge in [-0.15, -0.1) is 11.3 Å². The fourth-order valence-corrected chi connectivity index (χ4v) is 6.94. The van der Waals surface area contributed by atoms with Crippen LogP contribution in [0.3, 0.4) is 0 Å². The molecule has 0 amide bonds. The fourth-order valence-electron chi connectivity index (χ4n) is 3.51. The first-order chi connectivity index (χ1) is 16.8. The van der Waals surface area contributed by atoms with Crippen molar-refractivity contribution in [2.24, 2.45) is 0 Å². The van der Waals surface area contributed by atoms with Gasteiger partial charge >= 0.3 is 5.97 Å². The topological polar surface area (TPSA) is 115 Å². The van der Waals surface area contributed by atoms with Crippen LogP contribution in [0.15, 0.2) is 100 Å². The van der Waals surface area contributed by atoms with E-state index >= 15 is 0 Å². The molecular formula is C25H20NO6S3-. The minimum atomic E-state index is -3.76. The molecule has 4 aromatic rings. The van der Waals surface area contributed by atoms with Crippen molar-refractivity contribution in [3.05, 3.63) is 108 Å². The number of aryl methyl sites for hydroxylation is 2. The van der Waals surface area contributed by atoms with E-state index < -0.39 is 27.1 Å². The number of nitrogens with zero attached hydrogens (tertiary/aromatic N) is 1. The molecule has 0 fully saturated rings. The van der Waals surface area contributed by atoms with E-state index in [4.69, 9.17) is 5.11 Å². The van der Waals surface area contributed by atoms with Gasteiger partial charge < -0.3 is 9.66 Å². The molecule has 0 aliphatic rings. The molecule has 4 rings (SSSR count). The van der Waals surface area contributed by atoms with Crippen LogP contribution in [-0.2, 0) is 33.9 Å². The van der Waals surface area contributed by atoms with E-state index in [0.717, 1.165) is 26.8 Å². The number of carboxylic acids is 1. The Hall–Kier alpha value is -3.31. The van der Waals surface area contributed by atoms with Crippen LogP contribution in [0.4, 0.5) is 10.7 Å². The molecular weight excluding hydrogens is 506 g/mol. The minimum Gasteiger partial charge on any atom is -0.755 e. The van der Waals surface area contributed by atoms with Gasteiger partial charge in [0.25, 0.3) is 0 Å². The highest BCUT2D eigenvalue weighted by atomic mass is 32.2. The third-order valence-corrected chi connectivity index (χ3v) is 9.44. The summed E-state index contributed by atoms with van der Waals surface area (Å²) in [5.41, 5.74) is 2.45. The van der Waals surface area contributed by atoms with Crippen LogP contribution in [0.2, 0.25) is 0 Å². The maximum Gasteiger partial charge on any atom is 0.335 e. The van der Waals surface area contributed by atoms with Crippen molar-refractivity contribution in [1.29, 1.82) is 0 Å². The summed E-state index contributed by atoms with van der Waals surface area (Å²) in [7, 11) is -3.76. The zero-order chi connectivity index (χ0) is 25.0. The smallest absolute Gasteiger partial charge is 0.335 e. The molecule has 0 aliphatic carbocycles. The summed E-state index contributed by atoms with van der Waals surface area (Å²) in [6.07, 6.45) is 1.25. The van der Waals surface area contributed by atoms with Crippen molar-refractivity contribution in [2.75, 3.05) is 4.31 Å². The summed E-state index contributed by atoms with van der Waals surface area (Å²) >= 11 is -1.79. The standard InChI is InChI=1S/C25H21NO6S3/c27-25(28)20-13-11-18(12-14-20)9-10-19-5-4-6-21(17-19)26(34(29)30)23-15-16-24(33-23)35(31,32)22-7-2-1-3-8-22/h1-8,11-17H,9-10H2,(H,27,28)(H,29,30)/p-1. The molecule has 1 aromatic heterocycles. The normalized spacial score (nSPS) is 12.3. The van der Waals surface area contributed by atoms with E-state index in [1.54, 1.807) is 60.7 Å². The number of benzene rings is 3. The molecule has 10 heteroatoms. The summed E-state index contributed by atoms with van der Waals surface area (Å²) in [5.74, 6) is -0.983. The molecule has 0 aliphatic heterocycles. The summed E-state index contributed by atoms with van der Waals surface area (Å²) < 4.78 is 51.2. The molecule has 7 nitrogen and oxygen atoms in total. The lowest BCUT2D eigenvalue weighted by atomic mass is 10.0. The molecule has 1 atom stereocenters. The molecule has 1 unspecified atom stereocenters. The van der Waals surface area contributed by atoms with Crippen molar-refractivity contribution in [1.82, 2.24) is 0 Å². The number of aromatic carboxylic acids is 1. The minimum absolute atomic E-state index is 0.0510. The summed E-state index contributed by atoms with van der Waals surface area (Å²) in [6, 6.07) is 24.5. The summed E-state index contributed by atoms with van der Waals surface area (Å²) in [4.78, 5) is 11.1. The first kappa shape index (κ1) is 24.8. The SMILES string of the molecule is O=C(O)c1ccc(CCc2cccc(N(c3ccc(S(=O)(=O)c4ccccc4)s3)S(=O)[O-])c2)cc1. The van der Waals surface area contributed by atoms with Gasteiger partial charge in [0.05, 0.1) is 27.4 Å². The van der Waals surface area contributed by atoms with E-state index in [1.807, 2.05) is 6.07 Å². The molecule has 1 heterocycles. The van der Waals surface area contributed by atoms with Crippen molar-refractivity contribution in [3.63, 3.8) is 0 Å². The number of rotatable bonds is 9. The van der Waals surface area contributed by atoms with E-state index in [-0.39, 0.29) is 19.7 Å². The lowest BCUT2D eigenvalue weighted by Gasteiger charge is -2.25. The summed E-state index contributed by atoms with van der Waals surface area (Å²) in [6.45, 7) is 0. The molecule has 35 heavy (non-hydrogen) atoms. The van der Waals surface area contributed by atoms with E-state index in [1.165, 1.54) is 24.3 Å². The Morgan fingerprint density at radius 1 is 0.886 bits per heavy atom. The van der Waals surface area contributed by atoms with Crippen molar-refractivity contribution in [3.8, 4) is 0 Å². The monoisotopic (exact) mass is 526 g/mol. The molecule has 0 saturated heterocycles. The van der Waals surface area contributed by atoms with Crippen LogP contribution in [0.25, 0.3) is 0 Å². The number of thiophene rings is 1. The van der Waals surface area contributed by atoms with Gasteiger partial charge in [-0.2, -0.15) is 0 Å². The van der Waals surface area contributed by atoms with Crippen LogP contribution in [-0.4, -0.2) is 28.3 Å². The van der Waals surface area contributed by atoms with Gasteiger partial charge in [0, 0.05) is 0 Å². The van der Waals surface area contributed by atoms with Crippen LogP contribution < -0.4 is 4.31 Å². The fraction of sp³-hybridized carbons (Fsp3) is 0.0800. The van der Waals surface area contributed by atoms with Crippen molar-refractivity contribution >= 4 is 49.1 Å². The molecule has 0 spiro atoms. The Labute approximate surface area is 209 Å². The van der Waals surface area contributed by atoms with Gasteiger partial charge in [0.15, 0.2) is 0 Å². The van der Waals surface area contributed by atoms with Crippen molar-refractivity contribution in [2.45, 2.75) is 21.9 Å². The quantitative estimate of drug-likeness (QED) is 0.307. The first-order valence-corrected chi connectivity index (χ1v) is 13.8. The largest absolute Gasteiger partial charge is 0.755 e. The van der Waals surface area contributed by atoms with Crippen LogP contribution in [0, 0.1) is 0 Å². The average Bonchev–Trinajstić information content (AvgIpc) is 3.34. The van der Waals surface area contributed by atoms with Crippen molar-refractivity contribution < 1.29 is 27.1 Å². The molecule has 0 bridgehead atoms. The zero-order valence-electron chi connectivity index (χ0n) is 18.2. The third-order valence-electron chi connectivity index (χ3n) is 5.28. The molecule has 180 valence electrons. The average molecular weight is 527 g/mol. The predicted octanol–water partition coefficient (Wildman–Crippen LogP) is 5.00. The number of sulfone groups is 1. The lowest BCUT2D eigenvalue weighted by Crippen LogP contribution is -2.18. The molecule has 0 saturated carbocycles. The predicted molar refractivity (Wildman–Crippen MR) is 135 cm³/mol. The number of carbonyl (C=O) groups is 1. The molecule has 0 radical (unpaired) electrons. The second-order valence-electron chi connectivity index (χ2n) is 7.59. The van der Waals surface area contributed by atoms with Gasteiger partial charge in [-0.25, -0.2) is 13.2 Å². The highest BCUT2D eigenvalue weighted by Crippen LogP contribution is 2.37. The maximum absolute atomic E-state index is 12.9. The second-order valence-corrected chi connectivity index (χ2v) is 11.6. The van der Waals surface area contributed by atoms with Gasteiger partial charge in [0.1, 0.15) is 9.21 Å². The highest BCUT2D eigenvalue weighted by molar-refractivity contribution is 7.93. The Kier molecular flexibility index (Phi) is 7.46. The van der Waals surface area contributed by atoms with Gasteiger partial charge in [-0.05, 0) is 72.5 Å². The molecule has 1 N–H and O–H groups in total. The lowest BCUT2D eigenvalue weighted by molar-refractivity contribution is 0.0697. The van der Waals surface area contributed by atoms with Crippen LogP contribution in [0.5, 0.6) is 0 Å². The Morgan fingerprint density at radius 2 is 1.57 bits per heavy atom.